The van der Waals surface area contributed by atoms with Crippen LogP contribution in [0, 0.1) is 0 Å². The quantitative estimate of drug-likeness (QED) is 0.159. The minimum absolute atomic E-state index is 0.199. The molecule has 0 bridgehead atoms. The number of carboxylic acids is 1. The van der Waals surface area contributed by atoms with Crippen molar-refractivity contribution in [3.63, 3.8) is 0 Å². The number of amidine groups is 1. The molecule has 0 rings (SSSR count). The number of unbranched alkanes of at least 4 members (excludes halogenated alkanes) is 1. The van der Waals surface area contributed by atoms with Crippen molar-refractivity contribution in [2.24, 2.45) is 10.9 Å². The molecule has 0 spiro atoms. The average molecular weight is 203 g/mol. The molecular formula is C8H17N3O3. The fraction of sp³-hybridized carbons (Fsp3) is 0.750. The van der Waals surface area contributed by atoms with Gasteiger partial charge in [-0.3, -0.25) is 0 Å². The van der Waals surface area contributed by atoms with Crippen LogP contribution < -0.4 is 11.1 Å². The zero-order valence-electron chi connectivity index (χ0n) is 8.23. The highest BCUT2D eigenvalue weighted by Crippen LogP contribution is 2.00. The number of carboxylic acid groups (broad SMARTS) is 1. The maximum absolute atomic E-state index is 10.7. The van der Waals surface area contributed by atoms with E-state index in [4.69, 9.17) is 16.0 Å². The molecule has 0 aliphatic heterocycles. The second kappa shape index (κ2) is 7.14. The van der Waals surface area contributed by atoms with Crippen molar-refractivity contribution >= 4 is 11.8 Å². The van der Waals surface area contributed by atoms with Crippen LogP contribution in [-0.4, -0.2) is 34.7 Å². The van der Waals surface area contributed by atoms with E-state index in [1.807, 2.05) is 0 Å². The van der Waals surface area contributed by atoms with Gasteiger partial charge < -0.3 is 21.4 Å². The third-order valence-electron chi connectivity index (χ3n) is 1.78. The van der Waals surface area contributed by atoms with E-state index in [-0.39, 0.29) is 5.84 Å². The van der Waals surface area contributed by atoms with Gasteiger partial charge in [0, 0.05) is 0 Å². The molecule has 0 aromatic carbocycles. The van der Waals surface area contributed by atoms with Crippen LogP contribution in [0.2, 0.25) is 0 Å². The Morgan fingerprint density at radius 1 is 1.57 bits per heavy atom. The topological polar surface area (TPSA) is 108 Å². The number of nitrogens with one attached hydrogen (secondary N) is 1. The summed E-state index contributed by atoms with van der Waals surface area (Å²) in [5.41, 5.74) is 5.29. The van der Waals surface area contributed by atoms with Gasteiger partial charge in [-0.25, -0.2) is 4.79 Å². The standard InChI is InChI=1S/C8H17N3O3/c1-6(11-14)10-7(8(12)13)4-2-3-5-9/h7,14H,2-5,9H2,1H3,(H,10,11)(H,12,13)/t7-/m0/s1. The van der Waals surface area contributed by atoms with Crippen LogP contribution in [0.25, 0.3) is 0 Å². The Labute approximate surface area is 82.8 Å². The van der Waals surface area contributed by atoms with Crippen LogP contribution in [0.1, 0.15) is 26.2 Å². The lowest BCUT2D eigenvalue weighted by atomic mass is 10.1. The third-order valence-corrected chi connectivity index (χ3v) is 1.78. The molecule has 0 amide bonds. The summed E-state index contributed by atoms with van der Waals surface area (Å²) in [7, 11) is 0. The molecule has 5 N–H and O–H groups in total. The van der Waals surface area contributed by atoms with Crippen LogP contribution in [-0.2, 0) is 4.79 Å². The lowest BCUT2D eigenvalue weighted by Crippen LogP contribution is -2.39. The fourth-order valence-corrected chi connectivity index (χ4v) is 1.03. The summed E-state index contributed by atoms with van der Waals surface area (Å²) in [6, 6.07) is -0.711. The molecule has 6 nitrogen and oxygen atoms in total. The average Bonchev–Trinajstić information content (AvgIpc) is 2.16. The predicted molar refractivity (Wildman–Crippen MR) is 52.4 cm³/mol. The monoisotopic (exact) mass is 203 g/mol. The summed E-state index contributed by atoms with van der Waals surface area (Å²) in [5, 5.41) is 22.6. The highest BCUT2D eigenvalue weighted by Gasteiger charge is 2.16. The number of hydrogen-bond acceptors (Lipinski definition) is 4. The highest BCUT2D eigenvalue weighted by atomic mass is 16.4. The second-order valence-electron chi connectivity index (χ2n) is 3.01. The van der Waals surface area contributed by atoms with Crippen LogP contribution >= 0.6 is 0 Å². The molecular weight excluding hydrogens is 186 g/mol. The van der Waals surface area contributed by atoms with E-state index >= 15 is 0 Å². The maximum atomic E-state index is 10.7. The molecule has 0 fully saturated rings. The zero-order chi connectivity index (χ0) is 11.0. The number of oxime groups is 1. The van der Waals surface area contributed by atoms with Crippen molar-refractivity contribution in [2.75, 3.05) is 6.54 Å². The van der Waals surface area contributed by atoms with Gasteiger partial charge in [0.05, 0.1) is 0 Å². The number of rotatable bonds is 6. The summed E-state index contributed by atoms with van der Waals surface area (Å²) in [6.07, 6.45) is 2.00. The van der Waals surface area contributed by atoms with E-state index in [0.29, 0.717) is 13.0 Å². The van der Waals surface area contributed by atoms with E-state index in [2.05, 4.69) is 10.5 Å². The van der Waals surface area contributed by atoms with Crippen molar-refractivity contribution in [2.45, 2.75) is 32.2 Å². The molecule has 1 atom stereocenters. The Bertz CT molecular complexity index is 206. The SMILES string of the molecule is C/C(=N\O)N[C@@H](CCCCN)C(=O)O. The highest BCUT2D eigenvalue weighted by molar-refractivity contribution is 5.85. The molecule has 0 unspecified atom stereocenters. The summed E-state index contributed by atoms with van der Waals surface area (Å²) in [4.78, 5) is 10.7. The molecule has 82 valence electrons. The third kappa shape index (κ3) is 5.36. The molecule has 0 heterocycles. The van der Waals surface area contributed by atoms with Crippen molar-refractivity contribution in [3.8, 4) is 0 Å². The molecule has 0 aromatic heterocycles. The van der Waals surface area contributed by atoms with E-state index in [0.717, 1.165) is 12.8 Å². The van der Waals surface area contributed by atoms with Crippen molar-refractivity contribution < 1.29 is 15.1 Å². The Hall–Kier alpha value is -1.30. The van der Waals surface area contributed by atoms with E-state index in [1.54, 1.807) is 0 Å². The van der Waals surface area contributed by atoms with Gasteiger partial charge in [-0.1, -0.05) is 5.16 Å². The number of aliphatic carboxylic acids is 1. The summed E-state index contributed by atoms with van der Waals surface area (Å²) in [5.74, 6) is -0.754. The predicted octanol–water partition coefficient (Wildman–Crippen LogP) is -0.0342. The lowest BCUT2D eigenvalue weighted by molar-refractivity contribution is -0.139. The molecule has 6 heteroatoms. The second-order valence-corrected chi connectivity index (χ2v) is 3.01. The Balaban J connectivity index is 3.97. The van der Waals surface area contributed by atoms with Gasteiger partial charge in [0.2, 0.25) is 0 Å². The van der Waals surface area contributed by atoms with E-state index < -0.39 is 12.0 Å². The molecule has 0 aliphatic rings. The molecule has 0 aliphatic carbocycles. The van der Waals surface area contributed by atoms with Gasteiger partial charge in [0.25, 0.3) is 0 Å². The first kappa shape index (κ1) is 12.7. The van der Waals surface area contributed by atoms with Crippen LogP contribution in [0.15, 0.2) is 5.16 Å². The smallest absolute Gasteiger partial charge is 0.326 e. The van der Waals surface area contributed by atoms with Crippen molar-refractivity contribution in [3.05, 3.63) is 0 Å². The largest absolute Gasteiger partial charge is 0.480 e. The number of hydrogen-bond donors (Lipinski definition) is 4. The molecule has 0 radical (unpaired) electrons. The van der Waals surface area contributed by atoms with Crippen LogP contribution in [0.3, 0.4) is 0 Å². The van der Waals surface area contributed by atoms with Crippen molar-refractivity contribution in [1.29, 1.82) is 0 Å². The molecule has 0 aromatic rings. The first-order valence-corrected chi connectivity index (χ1v) is 4.50. The van der Waals surface area contributed by atoms with Gasteiger partial charge in [-0.05, 0) is 32.7 Å². The fourth-order valence-electron chi connectivity index (χ4n) is 1.03. The van der Waals surface area contributed by atoms with E-state index in [9.17, 15) is 4.79 Å². The Kier molecular flexibility index (Phi) is 6.47. The molecule has 14 heavy (non-hydrogen) atoms. The van der Waals surface area contributed by atoms with Gasteiger partial charge in [-0.15, -0.1) is 0 Å². The first-order valence-electron chi connectivity index (χ1n) is 4.50. The zero-order valence-corrected chi connectivity index (χ0v) is 8.23. The number of nitrogens with two attached hydrogens (primary N) is 1. The molecule has 0 saturated heterocycles. The first-order chi connectivity index (χ1) is 6.61. The number of nitrogens with zero attached hydrogens (tertiary/aromatic N) is 1. The van der Waals surface area contributed by atoms with Gasteiger partial charge >= 0.3 is 5.97 Å². The van der Waals surface area contributed by atoms with Gasteiger partial charge in [0.15, 0.2) is 0 Å². The maximum Gasteiger partial charge on any atom is 0.326 e. The molecule has 0 saturated carbocycles. The Morgan fingerprint density at radius 3 is 2.64 bits per heavy atom. The summed E-state index contributed by atoms with van der Waals surface area (Å²) >= 11 is 0. The normalized spacial score (nSPS) is 13.7. The van der Waals surface area contributed by atoms with E-state index in [1.165, 1.54) is 6.92 Å². The Morgan fingerprint density at radius 2 is 2.21 bits per heavy atom. The van der Waals surface area contributed by atoms with Gasteiger partial charge in [0.1, 0.15) is 11.9 Å². The van der Waals surface area contributed by atoms with Gasteiger partial charge in [-0.2, -0.15) is 0 Å². The summed E-state index contributed by atoms with van der Waals surface area (Å²) in [6.45, 7) is 2.05. The van der Waals surface area contributed by atoms with Crippen LogP contribution in [0.5, 0.6) is 0 Å². The van der Waals surface area contributed by atoms with Crippen molar-refractivity contribution in [1.82, 2.24) is 5.32 Å². The lowest BCUT2D eigenvalue weighted by Gasteiger charge is -2.13. The minimum atomic E-state index is -0.954. The van der Waals surface area contributed by atoms with Crippen LogP contribution in [0.4, 0.5) is 0 Å². The number of carbonyl (C=O) groups is 1. The minimum Gasteiger partial charge on any atom is -0.480 e. The summed E-state index contributed by atoms with van der Waals surface area (Å²) < 4.78 is 0.